The molecule has 0 bridgehead atoms. The second-order valence-corrected chi connectivity index (χ2v) is 8.12. The van der Waals surface area contributed by atoms with Gasteiger partial charge < -0.3 is 9.15 Å². The first kappa shape index (κ1) is 18.3. The number of thiazole rings is 1. The Bertz CT molecular complexity index is 1200. The summed E-state index contributed by atoms with van der Waals surface area (Å²) in [5.41, 5.74) is 0.673. The lowest BCUT2D eigenvalue weighted by molar-refractivity contribution is 0.301. The Hall–Kier alpha value is -2.05. The molecule has 0 N–H and O–H groups in total. The summed E-state index contributed by atoms with van der Waals surface area (Å²) in [5.74, 6) is 0.318. The van der Waals surface area contributed by atoms with Crippen LogP contribution in [0, 0.1) is 0 Å². The standard InChI is InChI=1S/C19H10Cl3NO3S/c20-10-5-6-12(14(21)7-10)17-18(25-9-11-8-23-19(22)27-11)16(24)13-3-1-2-4-15(13)26-17/h1-8H,9H2. The van der Waals surface area contributed by atoms with Gasteiger partial charge in [0.1, 0.15) is 12.2 Å². The molecule has 4 nitrogen and oxygen atoms in total. The molecule has 0 saturated heterocycles. The Morgan fingerprint density at radius 3 is 2.67 bits per heavy atom. The Morgan fingerprint density at radius 2 is 1.93 bits per heavy atom. The van der Waals surface area contributed by atoms with E-state index in [2.05, 4.69) is 4.98 Å². The molecule has 0 amide bonds. The van der Waals surface area contributed by atoms with Crippen LogP contribution in [-0.4, -0.2) is 4.98 Å². The number of rotatable bonds is 4. The molecule has 0 spiro atoms. The molecular weight excluding hydrogens is 429 g/mol. The smallest absolute Gasteiger partial charge is 0.235 e. The molecule has 0 aliphatic rings. The van der Waals surface area contributed by atoms with Crippen molar-refractivity contribution >= 4 is 57.1 Å². The minimum absolute atomic E-state index is 0.0717. The summed E-state index contributed by atoms with van der Waals surface area (Å²) >= 11 is 19.5. The largest absolute Gasteiger partial charge is 0.480 e. The van der Waals surface area contributed by atoms with Gasteiger partial charge in [-0.25, -0.2) is 4.98 Å². The maximum absolute atomic E-state index is 13.0. The number of para-hydroxylation sites is 1. The van der Waals surface area contributed by atoms with E-state index in [9.17, 15) is 4.79 Å². The molecule has 2 heterocycles. The van der Waals surface area contributed by atoms with E-state index < -0.39 is 0 Å². The number of nitrogens with zero attached hydrogens (tertiary/aromatic N) is 1. The van der Waals surface area contributed by atoms with Crippen molar-refractivity contribution < 1.29 is 9.15 Å². The molecule has 0 radical (unpaired) electrons. The highest BCUT2D eigenvalue weighted by atomic mass is 35.5. The molecule has 4 aromatic rings. The number of hydrogen-bond acceptors (Lipinski definition) is 5. The Labute approximate surface area is 172 Å². The molecule has 27 heavy (non-hydrogen) atoms. The third-order valence-corrected chi connectivity index (χ3v) is 5.45. The van der Waals surface area contributed by atoms with Crippen molar-refractivity contribution in [1.29, 1.82) is 0 Å². The molecule has 0 fully saturated rings. The van der Waals surface area contributed by atoms with Crippen molar-refractivity contribution in [3.63, 3.8) is 0 Å². The Kier molecular flexibility index (Phi) is 5.10. The van der Waals surface area contributed by atoms with Crippen LogP contribution in [0.5, 0.6) is 5.75 Å². The molecule has 2 aromatic carbocycles. The van der Waals surface area contributed by atoms with Gasteiger partial charge in [-0.05, 0) is 30.3 Å². The lowest BCUT2D eigenvalue weighted by Crippen LogP contribution is -2.10. The molecule has 0 aliphatic carbocycles. The molecule has 4 rings (SSSR count). The summed E-state index contributed by atoms with van der Waals surface area (Å²) in [6, 6.07) is 11.9. The van der Waals surface area contributed by atoms with E-state index in [1.165, 1.54) is 11.3 Å². The van der Waals surface area contributed by atoms with Gasteiger partial charge in [0, 0.05) is 16.8 Å². The van der Waals surface area contributed by atoms with Gasteiger partial charge in [0.05, 0.1) is 15.3 Å². The number of fused-ring (bicyclic) bond motifs is 1. The van der Waals surface area contributed by atoms with Crippen molar-refractivity contribution in [2.75, 3.05) is 0 Å². The average Bonchev–Trinajstić information content (AvgIpc) is 3.06. The summed E-state index contributed by atoms with van der Waals surface area (Å²) < 4.78 is 12.2. The molecule has 2 aromatic heterocycles. The zero-order valence-electron chi connectivity index (χ0n) is 13.5. The van der Waals surface area contributed by atoms with Crippen LogP contribution in [0.4, 0.5) is 0 Å². The molecular formula is C19H10Cl3NO3S. The topological polar surface area (TPSA) is 52.3 Å². The van der Waals surface area contributed by atoms with Gasteiger partial charge in [0.15, 0.2) is 10.2 Å². The van der Waals surface area contributed by atoms with E-state index in [0.29, 0.717) is 31.0 Å². The van der Waals surface area contributed by atoms with Crippen molar-refractivity contribution in [3.8, 4) is 17.1 Å². The fraction of sp³-hybridized carbons (Fsp3) is 0.0526. The highest BCUT2D eigenvalue weighted by Crippen LogP contribution is 2.37. The van der Waals surface area contributed by atoms with Crippen LogP contribution in [0.1, 0.15) is 4.88 Å². The van der Waals surface area contributed by atoms with Crippen molar-refractivity contribution in [3.05, 3.63) is 78.3 Å². The summed E-state index contributed by atoms with van der Waals surface area (Å²) in [4.78, 5) is 17.8. The van der Waals surface area contributed by atoms with E-state index in [1.54, 1.807) is 48.7 Å². The quantitative estimate of drug-likeness (QED) is 0.367. The zero-order chi connectivity index (χ0) is 19.0. The average molecular weight is 439 g/mol. The first-order valence-electron chi connectivity index (χ1n) is 7.77. The van der Waals surface area contributed by atoms with Crippen LogP contribution in [0.15, 0.2) is 57.9 Å². The monoisotopic (exact) mass is 437 g/mol. The number of ether oxygens (including phenoxy) is 1. The van der Waals surface area contributed by atoms with Gasteiger partial charge >= 0.3 is 0 Å². The van der Waals surface area contributed by atoms with Gasteiger partial charge in [-0.15, -0.1) is 11.3 Å². The van der Waals surface area contributed by atoms with E-state index in [1.807, 2.05) is 0 Å². The van der Waals surface area contributed by atoms with Crippen molar-refractivity contribution in [2.24, 2.45) is 0 Å². The van der Waals surface area contributed by atoms with Crippen LogP contribution in [0.3, 0.4) is 0 Å². The second kappa shape index (κ2) is 7.52. The van der Waals surface area contributed by atoms with Gasteiger partial charge in [0.25, 0.3) is 0 Å². The third kappa shape index (κ3) is 3.69. The van der Waals surface area contributed by atoms with Crippen LogP contribution in [-0.2, 0) is 6.61 Å². The lowest BCUT2D eigenvalue weighted by atomic mass is 10.1. The Balaban J connectivity index is 1.88. The van der Waals surface area contributed by atoms with Crippen molar-refractivity contribution in [2.45, 2.75) is 6.61 Å². The SMILES string of the molecule is O=c1c(OCc2cnc(Cl)s2)c(-c2ccc(Cl)cc2Cl)oc2ccccc12. The maximum atomic E-state index is 13.0. The molecule has 0 aliphatic heterocycles. The van der Waals surface area contributed by atoms with Gasteiger partial charge in [-0.3, -0.25) is 4.79 Å². The number of hydrogen-bond donors (Lipinski definition) is 0. The predicted octanol–water partition coefficient (Wildman–Crippen LogP) is 6.46. The summed E-state index contributed by atoms with van der Waals surface area (Å²) in [6.07, 6.45) is 1.60. The summed E-state index contributed by atoms with van der Waals surface area (Å²) in [7, 11) is 0. The fourth-order valence-corrected chi connectivity index (χ4v) is 3.99. The zero-order valence-corrected chi connectivity index (χ0v) is 16.6. The minimum atomic E-state index is -0.284. The fourth-order valence-electron chi connectivity index (χ4n) is 2.60. The van der Waals surface area contributed by atoms with E-state index in [0.717, 1.165) is 4.88 Å². The lowest BCUT2D eigenvalue weighted by Gasteiger charge is -2.12. The predicted molar refractivity (Wildman–Crippen MR) is 109 cm³/mol. The van der Waals surface area contributed by atoms with Crippen LogP contribution in [0.2, 0.25) is 14.5 Å². The summed E-state index contributed by atoms with van der Waals surface area (Å²) in [6.45, 7) is 0.131. The highest BCUT2D eigenvalue weighted by molar-refractivity contribution is 7.15. The molecule has 8 heteroatoms. The Morgan fingerprint density at radius 1 is 1.11 bits per heavy atom. The first-order valence-corrected chi connectivity index (χ1v) is 9.72. The molecule has 0 atom stereocenters. The number of halogens is 3. The molecule has 0 unspecified atom stereocenters. The van der Waals surface area contributed by atoms with Crippen molar-refractivity contribution in [1.82, 2.24) is 4.98 Å². The number of aromatic nitrogens is 1. The third-order valence-electron chi connectivity index (χ3n) is 3.82. The maximum Gasteiger partial charge on any atom is 0.235 e. The van der Waals surface area contributed by atoms with E-state index in [-0.39, 0.29) is 23.5 Å². The van der Waals surface area contributed by atoms with Crippen LogP contribution < -0.4 is 10.2 Å². The highest BCUT2D eigenvalue weighted by Gasteiger charge is 2.20. The van der Waals surface area contributed by atoms with Gasteiger partial charge in [-0.1, -0.05) is 46.9 Å². The van der Waals surface area contributed by atoms with E-state index >= 15 is 0 Å². The van der Waals surface area contributed by atoms with Crippen LogP contribution >= 0.6 is 46.1 Å². The van der Waals surface area contributed by atoms with E-state index in [4.69, 9.17) is 44.0 Å². The second-order valence-electron chi connectivity index (χ2n) is 5.58. The van der Waals surface area contributed by atoms with Gasteiger partial charge in [-0.2, -0.15) is 0 Å². The minimum Gasteiger partial charge on any atom is -0.480 e. The molecule has 0 saturated carbocycles. The summed E-state index contributed by atoms with van der Waals surface area (Å²) in [5, 5.41) is 1.25. The normalized spacial score (nSPS) is 11.1. The molecule has 136 valence electrons. The van der Waals surface area contributed by atoms with Gasteiger partial charge in [0.2, 0.25) is 11.2 Å². The van der Waals surface area contributed by atoms with Crippen LogP contribution in [0.25, 0.3) is 22.3 Å². The first-order chi connectivity index (χ1) is 13.0. The number of benzene rings is 2.